The molecule has 2 aromatic heterocycles. The fraction of sp³-hybridized carbons (Fsp3) is 0.526. The quantitative estimate of drug-likeness (QED) is 0.909. The third-order valence-electron chi connectivity index (χ3n) is 5.58. The first-order valence-corrected chi connectivity index (χ1v) is 9.15. The molecule has 1 unspecified atom stereocenters. The number of amides is 1. The van der Waals surface area contributed by atoms with Crippen LogP contribution in [0, 0.1) is 0 Å². The van der Waals surface area contributed by atoms with Crippen LogP contribution in [0.15, 0.2) is 23.3 Å². The summed E-state index contributed by atoms with van der Waals surface area (Å²) in [7, 11) is 1.80. The number of carbonyl (C=O) groups is 1. The topological polar surface area (TPSA) is 71.0 Å². The van der Waals surface area contributed by atoms with Gasteiger partial charge in [0.05, 0.1) is 0 Å². The molecule has 6 heteroatoms. The zero-order chi connectivity index (χ0) is 17.4. The molecule has 1 atom stereocenters. The van der Waals surface area contributed by atoms with E-state index >= 15 is 0 Å². The van der Waals surface area contributed by atoms with Gasteiger partial charge < -0.3 is 14.5 Å². The number of piperidine rings is 1. The Kier molecular flexibility index (Phi) is 4.19. The lowest BCUT2D eigenvalue weighted by Crippen LogP contribution is -2.42. The Labute approximate surface area is 146 Å². The van der Waals surface area contributed by atoms with Crippen molar-refractivity contribution in [2.45, 2.75) is 44.4 Å². The summed E-state index contributed by atoms with van der Waals surface area (Å²) in [5, 5.41) is 0. The van der Waals surface area contributed by atoms with Gasteiger partial charge in [0.2, 0.25) is 0 Å². The number of hydrogen-bond acceptors (Lipinski definition) is 3. The molecule has 1 aliphatic heterocycles. The highest BCUT2D eigenvalue weighted by Crippen LogP contribution is 2.26. The van der Waals surface area contributed by atoms with Crippen LogP contribution in [-0.2, 0) is 19.9 Å². The maximum absolute atomic E-state index is 13.1. The van der Waals surface area contributed by atoms with Gasteiger partial charge in [0.1, 0.15) is 11.4 Å². The predicted octanol–water partition coefficient (Wildman–Crippen LogP) is 2.01. The third kappa shape index (κ3) is 2.90. The normalized spacial score (nSPS) is 20.4. The van der Waals surface area contributed by atoms with Crippen molar-refractivity contribution in [3.63, 3.8) is 0 Å². The number of hydrogen-bond donors (Lipinski definition) is 1. The third-order valence-corrected chi connectivity index (χ3v) is 5.58. The molecule has 6 nitrogen and oxygen atoms in total. The largest absolute Gasteiger partial charge is 0.348 e. The molecule has 2 aromatic rings. The summed E-state index contributed by atoms with van der Waals surface area (Å²) in [6, 6.07) is 1.86. The molecule has 1 amide bonds. The van der Waals surface area contributed by atoms with Gasteiger partial charge in [0, 0.05) is 44.1 Å². The molecule has 25 heavy (non-hydrogen) atoms. The van der Waals surface area contributed by atoms with Crippen molar-refractivity contribution in [3.05, 3.63) is 51.5 Å². The minimum atomic E-state index is -0.161. The highest BCUT2D eigenvalue weighted by atomic mass is 16.2. The monoisotopic (exact) mass is 340 g/mol. The highest BCUT2D eigenvalue weighted by molar-refractivity contribution is 5.94. The van der Waals surface area contributed by atoms with Crippen molar-refractivity contribution in [2.75, 3.05) is 13.1 Å². The molecular weight excluding hydrogens is 316 g/mol. The van der Waals surface area contributed by atoms with Gasteiger partial charge in [-0.2, -0.15) is 0 Å². The first-order chi connectivity index (χ1) is 12.1. The molecule has 1 N–H and O–H groups in total. The fourth-order valence-electron chi connectivity index (χ4n) is 4.20. The second-order valence-electron chi connectivity index (χ2n) is 7.17. The maximum Gasteiger partial charge on any atom is 0.263 e. The van der Waals surface area contributed by atoms with Crippen LogP contribution in [0.25, 0.3) is 0 Å². The van der Waals surface area contributed by atoms with E-state index < -0.39 is 0 Å². The first-order valence-electron chi connectivity index (χ1n) is 9.15. The standard InChI is InChI=1S/C19H24N4O2/c1-22-16-7-3-2-5-13(16)11-15(18(22)24)19(25)23-10-4-6-14(12-23)17-20-8-9-21-17/h8-9,11,14H,2-7,10,12H2,1H3,(H,20,21). The zero-order valence-corrected chi connectivity index (χ0v) is 14.6. The van der Waals surface area contributed by atoms with Crippen LogP contribution in [0.1, 0.15) is 59.0 Å². The molecule has 0 aromatic carbocycles. The summed E-state index contributed by atoms with van der Waals surface area (Å²) >= 11 is 0. The summed E-state index contributed by atoms with van der Waals surface area (Å²) < 4.78 is 1.69. The average molecular weight is 340 g/mol. The molecule has 0 radical (unpaired) electrons. The number of aromatic amines is 1. The number of nitrogens with zero attached hydrogens (tertiary/aromatic N) is 3. The highest BCUT2D eigenvalue weighted by Gasteiger charge is 2.29. The average Bonchev–Trinajstić information content (AvgIpc) is 3.19. The SMILES string of the molecule is Cn1c2c(cc(C(=O)N3CCCC(c4ncc[nH]4)C3)c1=O)CCCC2. The van der Waals surface area contributed by atoms with Crippen molar-refractivity contribution in [3.8, 4) is 0 Å². The van der Waals surface area contributed by atoms with Gasteiger partial charge in [-0.15, -0.1) is 0 Å². The summed E-state index contributed by atoms with van der Waals surface area (Å²) in [6.07, 6.45) is 9.64. The molecule has 0 bridgehead atoms. The number of pyridine rings is 1. The first kappa shape index (κ1) is 16.1. The van der Waals surface area contributed by atoms with Gasteiger partial charge in [-0.3, -0.25) is 9.59 Å². The second kappa shape index (κ2) is 6.50. The van der Waals surface area contributed by atoms with E-state index in [-0.39, 0.29) is 17.4 Å². The van der Waals surface area contributed by atoms with E-state index in [2.05, 4.69) is 9.97 Å². The van der Waals surface area contributed by atoms with E-state index in [1.54, 1.807) is 17.8 Å². The van der Waals surface area contributed by atoms with Gasteiger partial charge >= 0.3 is 0 Å². The maximum atomic E-state index is 13.1. The number of fused-ring (bicyclic) bond motifs is 1. The molecule has 4 rings (SSSR count). The molecule has 1 aliphatic carbocycles. The van der Waals surface area contributed by atoms with E-state index in [1.807, 2.05) is 17.2 Å². The van der Waals surface area contributed by atoms with Crippen LogP contribution in [-0.4, -0.2) is 38.4 Å². The number of likely N-dealkylation sites (tertiary alicyclic amines) is 1. The van der Waals surface area contributed by atoms with Gasteiger partial charge in [0.15, 0.2) is 0 Å². The van der Waals surface area contributed by atoms with Crippen molar-refractivity contribution in [2.24, 2.45) is 7.05 Å². The van der Waals surface area contributed by atoms with Gasteiger partial charge in [-0.1, -0.05) is 0 Å². The molecule has 0 spiro atoms. The summed E-state index contributed by atoms with van der Waals surface area (Å²) in [5.41, 5.74) is 2.42. The number of H-pyrrole nitrogens is 1. The lowest BCUT2D eigenvalue weighted by Gasteiger charge is -2.32. The number of aryl methyl sites for hydroxylation is 1. The van der Waals surface area contributed by atoms with Gasteiger partial charge in [-0.05, 0) is 50.2 Å². The van der Waals surface area contributed by atoms with Gasteiger partial charge in [-0.25, -0.2) is 4.98 Å². The van der Waals surface area contributed by atoms with E-state index in [4.69, 9.17) is 0 Å². The Balaban J connectivity index is 1.62. The Morgan fingerprint density at radius 1 is 1.28 bits per heavy atom. The van der Waals surface area contributed by atoms with Crippen LogP contribution in [0.3, 0.4) is 0 Å². The number of nitrogens with one attached hydrogen (secondary N) is 1. The predicted molar refractivity (Wildman–Crippen MR) is 94.8 cm³/mol. The van der Waals surface area contributed by atoms with Crippen LogP contribution in [0.2, 0.25) is 0 Å². The van der Waals surface area contributed by atoms with Crippen molar-refractivity contribution >= 4 is 5.91 Å². The molecular formula is C19H24N4O2. The van der Waals surface area contributed by atoms with E-state index in [9.17, 15) is 9.59 Å². The number of aromatic nitrogens is 3. The zero-order valence-electron chi connectivity index (χ0n) is 14.6. The van der Waals surface area contributed by atoms with Crippen LogP contribution in [0.4, 0.5) is 0 Å². The Morgan fingerprint density at radius 3 is 2.92 bits per heavy atom. The number of imidazole rings is 1. The molecule has 2 aliphatic rings. The molecule has 3 heterocycles. The second-order valence-corrected chi connectivity index (χ2v) is 7.17. The van der Waals surface area contributed by atoms with Crippen LogP contribution >= 0.6 is 0 Å². The van der Waals surface area contributed by atoms with Gasteiger partial charge in [0.25, 0.3) is 11.5 Å². The van der Waals surface area contributed by atoms with E-state index in [1.165, 1.54) is 0 Å². The number of carbonyl (C=O) groups excluding carboxylic acids is 1. The van der Waals surface area contributed by atoms with Crippen LogP contribution < -0.4 is 5.56 Å². The van der Waals surface area contributed by atoms with Crippen LogP contribution in [0.5, 0.6) is 0 Å². The summed E-state index contributed by atoms with van der Waals surface area (Å²) in [5.74, 6) is 1.01. The Bertz CT molecular complexity index is 838. The Hall–Kier alpha value is -2.37. The lowest BCUT2D eigenvalue weighted by molar-refractivity contribution is 0.0702. The van der Waals surface area contributed by atoms with E-state index in [0.717, 1.165) is 55.6 Å². The molecule has 1 saturated heterocycles. The van der Waals surface area contributed by atoms with E-state index in [0.29, 0.717) is 18.7 Å². The summed E-state index contributed by atoms with van der Waals surface area (Å²) in [4.78, 5) is 35.1. The van der Waals surface area contributed by atoms with Crippen molar-refractivity contribution in [1.29, 1.82) is 0 Å². The summed E-state index contributed by atoms with van der Waals surface area (Å²) in [6.45, 7) is 1.32. The number of rotatable bonds is 2. The van der Waals surface area contributed by atoms with Crippen molar-refractivity contribution in [1.82, 2.24) is 19.4 Å². The lowest BCUT2D eigenvalue weighted by atomic mass is 9.93. The Morgan fingerprint density at radius 2 is 2.12 bits per heavy atom. The molecule has 132 valence electrons. The van der Waals surface area contributed by atoms with Crippen molar-refractivity contribution < 1.29 is 4.79 Å². The molecule has 0 saturated carbocycles. The minimum absolute atomic E-state index is 0.134. The minimum Gasteiger partial charge on any atom is -0.348 e. The smallest absolute Gasteiger partial charge is 0.263 e. The fourth-order valence-corrected chi connectivity index (χ4v) is 4.20. The molecule has 1 fully saturated rings.